The standard InChI is InChI=1S/C15H18FN3O3/c1-2-5-19-8-10(15(21)22)14(20)9-6-11(16)12(7-13(9)19)18-4-3-17/h6-8,18H,2-5,17H2,1H3,(H,21,22). The van der Waals surface area contributed by atoms with Gasteiger partial charge in [-0.2, -0.15) is 0 Å². The molecule has 1 heterocycles. The Morgan fingerprint density at radius 1 is 1.45 bits per heavy atom. The third kappa shape index (κ3) is 2.94. The number of carboxylic acid groups (broad SMARTS) is 1. The van der Waals surface area contributed by atoms with E-state index in [-0.39, 0.29) is 16.6 Å². The molecule has 2 aromatic rings. The van der Waals surface area contributed by atoms with Crippen LogP contribution in [0.5, 0.6) is 0 Å². The first kappa shape index (κ1) is 16.0. The zero-order valence-corrected chi connectivity index (χ0v) is 12.2. The predicted octanol–water partition coefficient (Wildman–Crippen LogP) is 1.62. The van der Waals surface area contributed by atoms with Crippen molar-refractivity contribution in [3.8, 4) is 0 Å². The minimum absolute atomic E-state index is 0.0594. The van der Waals surface area contributed by atoms with E-state index >= 15 is 0 Å². The average molecular weight is 307 g/mol. The van der Waals surface area contributed by atoms with Crippen LogP contribution in [-0.4, -0.2) is 28.7 Å². The Bertz CT molecular complexity index is 771. The summed E-state index contributed by atoms with van der Waals surface area (Å²) in [7, 11) is 0. The van der Waals surface area contributed by atoms with Gasteiger partial charge in [-0.1, -0.05) is 6.92 Å². The van der Waals surface area contributed by atoms with Crippen molar-refractivity contribution in [2.75, 3.05) is 18.4 Å². The lowest BCUT2D eigenvalue weighted by Gasteiger charge is -2.14. The van der Waals surface area contributed by atoms with Crippen LogP contribution in [0.1, 0.15) is 23.7 Å². The Balaban J connectivity index is 2.74. The lowest BCUT2D eigenvalue weighted by atomic mass is 10.1. The highest BCUT2D eigenvalue weighted by molar-refractivity contribution is 5.93. The van der Waals surface area contributed by atoms with Crippen LogP contribution in [0.25, 0.3) is 10.9 Å². The van der Waals surface area contributed by atoms with Gasteiger partial charge in [0.05, 0.1) is 11.2 Å². The van der Waals surface area contributed by atoms with Gasteiger partial charge >= 0.3 is 5.97 Å². The summed E-state index contributed by atoms with van der Waals surface area (Å²) < 4.78 is 15.7. The molecule has 2 rings (SSSR count). The first-order valence-corrected chi connectivity index (χ1v) is 7.03. The molecule has 0 saturated carbocycles. The number of pyridine rings is 1. The summed E-state index contributed by atoms with van der Waals surface area (Å²) >= 11 is 0. The fourth-order valence-electron chi connectivity index (χ4n) is 2.33. The highest BCUT2D eigenvalue weighted by Gasteiger charge is 2.16. The van der Waals surface area contributed by atoms with Gasteiger partial charge in [0.2, 0.25) is 5.43 Å². The van der Waals surface area contributed by atoms with Crippen LogP contribution in [0.3, 0.4) is 0 Å². The number of fused-ring (bicyclic) bond motifs is 1. The Morgan fingerprint density at radius 3 is 2.77 bits per heavy atom. The van der Waals surface area contributed by atoms with Crippen molar-refractivity contribution < 1.29 is 14.3 Å². The van der Waals surface area contributed by atoms with Crippen LogP contribution in [0, 0.1) is 5.82 Å². The Labute approximate surface area is 126 Å². The molecule has 0 unspecified atom stereocenters. The normalized spacial score (nSPS) is 10.9. The van der Waals surface area contributed by atoms with Crippen molar-refractivity contribution in [2.24, 2.45) is 5.73 Å². The summed E-state index contributed by atoms with van der Waals surface area (Å²) in [6.07, 6.45) is 2.06. The fourth-order valence-corrected chi connectivity index (χ4v) is 2.33. The van der Waals surface area contributed by atoms with Gasteiger partial charge in [-0.05, 0) is 18.6 Å². The topological polar surface area (TPSA) is 97.3 Å². The third-order valence-corrected chi connectivity index (χ3v) is 3.32. The first-order chi connectivity index (χ1) is 10.5. The fraction of sp³-hybridized carbons (Fsp3) is 0.333. The zero-order chi connectivity index (χ0) is 16.3. The number of aryl methyl sites for hydroxylation is 1. The molecule has 0 amide bonds. The number of hydrogen-bond donors (Lipinski definition) is 3. The van der Waals surface area contributed by atoms with Crippen molar-refractivity contribution in [1.29, 1.82) is 0 Å². The Morgan fingerprint density at radius 2 is 2.18 bits per heavy atom. The van der Waals surface area contributed by atoms with Crippen molar-refractivity contribution in [2.45, 2.75) is 19.9 Å². The molecule has 7 heteroatoms. The molecule has 1 aromatic heterocycles. The number of halogens is 1. The second-order valence-corrected chi connectivity index (χ2v) is 4.94. The second-order valence-electron chi connectivity index (χ2n) is 4.94. The minimum Gasteiger partial charge on any atom is -0.477 e. The number of carboxylic acids is 1. The molecule has 0 atom stereocenters. The van der Waals surface area contributed by atoms with Gasteiger partial charge < -0.3 is 20.7 Å². The third-order valence-electron chi connectivity index (χ3n) is 3.32. The number of nitrogens with zero attached hydrogens (tertiary/aromatic N) is 1. The predicted molar refractivity (Wildman–Crippen MR) is 83.0 cm³/mol. The summed E-state index contributed by atoms with van der Waals surface area (Å²) in [6, 6.07) is 2.60. The SMILES string of the molecule is CCCn1cc(C(=O)O)c(=O)c2cc(F)c(NCCN)cc21. The zero-order valence-electron chi connectivity index (χ0n) is 12.2. The first-order valence-electron chi connectivity index (χ1n) is 7.03. The maximum absolute atomic E-state index is 14.1. The quantitative estimate of drug-likeness (QED) is 0.753. The second kappa shape index (κ2) is 6.57. The van der Waals surface area contributed by atoms with E-state index in [0.29, 0.717) is 25.2 Å². The van der Waals surface area contributed by atoms with Crippen LogP contribution in [0.15, 0.2) is 23.1 Å². The van der Waals surface area contributed by atoms with Crippen molar-refractivity contribution in [3.05, 3.63) is 39.9 Å². The molecule has 0 spiro atoms. The van der Waals surface area contributed by atoms with Crippen molar-refractivity contribution >= 4 is 22.6 Å². The van der Waals surface area contributed by atoms with E-state index in [2.05, 4.69) is 5.32 Å². The van der Waals surface area contributed by atoms with Crippen LogP contribution in [0.2, 0.25) is 0 Å². The number of hydrogen-bond acceptors (Lipinski definition) is 4. The molecule has 1 aromatic carbocycles. The summed E-state index contributed by atoms with van der Waals surface area (Å²) in [6.45, 7) is 3.20. The van der Waals surface area contributed by atoms with Crippen molar-refractivity contribution in [3.63, 3.8) is 0 Å². The van der Waals surface area contributed by atoms with Gasteiger partial charge in [-0.15, -0.1) is 0 Å². The summed E-state index contributed by atoms with van der Waals surface area (Å²) in [5, 5.41) is 12.0. The van der Waals surface area contributed by atoms with E-state index in [1.807, 2.05) is 6.92 Å². The van der Waals surface area contributed by atoms with Crippen molar-refractivity contribution in [1.82, 2.24) is 4.57 Å². The van der Waals surface area contributed by atoms with E-state index in [9.17, 15) is 14.0 Å². The van der Waals surface area contributed by atoms with Gasteiger partial charge in [-0.25, -0.2) is 9.18 Å². The van der Waals surface area contributed by atoms with E-state index in [1.165, 1.54) is 12.3 Å². The summed E-state index contributed by atoms with van der Waals surface area (Å²) in [5.41, 5.74) is 5.09. The molecule has 118 valence electrons. The molecule has 0 aliphatic carbocycles. The van der Waals surface area contributed by atoms with Gasteiger partial charge in [-0.3, -0.25) is 4.79 Å². The highest BCUT2D eigenvalue weighted by atomic mass is 19.1. The number of rotatable bonds is 6. The highest BCUT2D eigenvalue weighted by Crippen LogP contribution is 2.22. The Hall–Kier alpha value is -2.41. The summed E-state index contributed by atoms with van der Waals surface area (Å²) in [4.78, 5) is 23.4. The number of anilines is 1. The maximum atomic E-state index is 14.1. The molecule has 0 aliphatic rings. The number of carbonyl (C=O) groups is 1. The van der Waals surface area contributed by atoms with E-state index in [4.69, 9.17) is 10.8 Å². The van der Waals surface area contributed by atoms with Crippen LogP contribution in [0.4, 0.5) is 10.1 Å². The Kier molecular flexibility index (Phi) is 4.77. The lowest BCUT2D eigenvalue weighted by molar-refractivity contribution is 0.0695. The molecule has 0 aliphatic heterocycles. The van der Waals surface area contributed by atoms with Crippen LogP contribution < -0.4 is 16.5 Å². The molecule has 0 saturated heterocycles. The smallest absolute Gasteiger partial charge is 0.341 e. The molecule has 22 heavy (non-hydrogen) atoms. The van der Waals surface area contributed by atoms with E-state index in [0.717, 1.165) is 12.5 Å². The van der Waals surface area contributed by atoms with E-state index in [1.54, 1.807) is 4.57 Å². The van der Waals surface area contributed by atoms with Crippen LogP contribution in [-0.2, 0) is 6.54 Å². The monoisotopic (exact) mass is 307 g/mol. The number of benzene rings is 1. The number of aromatic carboxylic acids is 1. The van der Waals surface area contributed by atoms with E-state index < -0.39 is 17.2 Å². The van der Waals surface area contributed by atoms with Gasteiger partial charge in [0.25, 0.3) is 0 Å². The molecule has 4 N–H and O–H groups in total. The van der Waals surface area contributed by atoms with Gasteiger partial charge in [0.15, 0.2) is 0 Å². The lowest BCUT2D eigenvalue weighted by Crippen LogP contribution is -2.20. The molecule has 6 nitrogen and oxygen atoms in total. The molecular weight excluding hydrogens is 289 g/mol. The molecule has 0 radical (unpaired) electrons. The van der Waals surface area contributed by atoms with Gasteiger partial charge in [0, 0.05) is 31.2 Å². The molecular formula is C15H18FN3O3. The van der Waals surface area contributed by atoms with Gasteiger partial charge in [0.1, 0.15) is 11.4 Å². The van der Waals surface area contributed by atoms with Crippen LogP contribution >= 0.6 is 0 Å². The molecule has 0 bridgehead atoms. The average Bonchev–Trinajstić information content (AvgIpc) is 2.48. The maximum Gasteiger partial charge on any atom is 0.341 e. The number of nitrogens with one attached hydrogen (secondary N) is 1. The number of nitrogens with two attached hydrogens (primary N) is 1. The number of aromatic nitrogens is 1. The largest absolute Gasteiger partial charge is 0.477 e. The molecule has 0 fully saturated rings. The summed E-state index contributed by atoms with van der Waals surface area (Å²) in [5.74, 6) is -1.92. The minimum atomic E-state index is -1.32.